The Kier molecular flexibility index (Phi) is 3.13. The molecular formula is C22H30BrNO4. The average Bonchev–Trinajstić information content (AvgIpc) is 3.41. The highest BCUT2D eigenvalue weighted by atomic mass is 79.9. The Hall–Kier alpha value is -0.170. The summed E-state index contributed by atoms with van der Waals surface area (Å²) in [5.41, 5.74) is 0.0817. The standard InChI is InChI=1S/C22H30BrNO4/c1-20-7-12(19(25)24(2)3)15-13-10-6-11-14(13)18(28-17(11)16(10)23)22(15,20)9-21(8-20)26-4-5-27-21/h10-18H,4-9H2,1-3H3/t10-,11+,12?,13-,14+,15+,16-,17-,18+,20+,22+/m0/s1. The molecule has 28 heavy (non-hydrogen) atoms. The second-order valence-electron chi connectivity index (χ2n) is 11.3. The third kappa shape index (κ3) is 1.63. The molecule has 154 valence electrons. The van der Waals surface area contributed by atoms with E-state index in [2.05, 4.69) is 22.9 Å². The van der Waals surface area contributed by atoms with Gasteiger partial charge in [0.2, 0.25) is 5.91 Å². The maximum atomic E-state index is 13.4. The summed E-state index contributed by atoms with van der Waals surface area (Å²) in [5, 5.41) is 0. The maximum absolute atomic E-state index is 13.4. The zero-order valence-corrected chi connectivity index (χ0v) is 18.5. The van der Waals surface area contributed by atoms with Crippen molar-refractivity contribution in [3.05, 3.63) is 0 Å². The Bertz CT molecular complexity index is 768. The van der Waals surface area contributed by atoms with Crippen LogP contribution in [0.15, 0.2) is 0 Å². The minimum absolute atomic E-state index is 0.0296. The lowest BCUT2D eigenvalue weighted by Gasteiger charge is -2.45. The summed E-state index contributed by atoms with van der Waals surface area (Å²) < 4.78 is 19.4. The van der Waals surface area contributed by atoms with E-state index in [4.69, 9.17) is 14.2 Å². The number of hydrogen-bond acceptors (Lipinski definition) is 4. The lowest BCUT2D eigenvalue weighted by molar-refractivity contribution is -0.170. The van der Waals surface area contributed by atoms with Crippen LogP contribution >= 0.6 is 15.9 Å². The number of carbonyl (C=O) groups is 1. The summed E-state index contributed by atoms with van der Waals surface area (Å²) in [5.74, 6) is 3.03. The normalized spacial score (nSPS) is 61.4. The predicted octanol–water partition coefficient (Wildman–Crippen LogP) is 2.67. The highest BCUT2D eigenvalue weighted by molar-refractivity contribution is 9.09. The molecule has 11 atom stereocenters. The number of carbonyl (C=O) groups excluding carboxylic acids is 1. The number of alkyl halides is 1. The van der Waals surface area contributed by atoms with E-state index in [1.54, 1.807) is 0 Å². The predicted molar refractivity (Wildman–Crippen MR) is 105 cm³/mol. The van der Waals surface area contributed by atoms with Crippen molar-refractivity contribution >= 4 is 21.8 Å². The molecule has 2 heterocycles. The zero-order chi connectivity index (χ0) is 19.2. The lowest BCUT2D eigenvalue weighted by Crippen LogP contribution is -2.47. The molecule has 7 aliphatic rings. The van der Waals surface area contributed by atoms with E-state index < -0.39 is 5.79 Å². The molecule has 7 rings (SSSR count). The number of halogens is 1. The van der Waals surface area contributed by atoms with Crippen LogP contribution in [-0.2, 0) is 19.0 Å². The van der Waals surface area contributed by atoms with Crippen LogP contribution < -0.4 is 0 Å². The monoisotopic (exact) mass is 451 g/mol. The van der Waals surface area contributed by atoms with Gasteiger partial charge in [-0.1, -0.05) is 22.9 Å². The van der Waals surface area contributed by atoms with Crippen LogP contribution in [-0.4, -0.2) is 60.9 Å². The highest BCUT2D eigenvalue weighted by Crippen LogP contribution is 2.84. The van der Waals surface area contributed by atoms with E-state index in [9.17, 15) is 4.79 Å². The molecule has 7 fully saturated rings. The van der Waals surface area contributed by atoms with Crippen LogP contribution in [0.25, 0.3) is 0 Å². The maximum Gasteiger partial charge on any atom is 0.225 e. The van der Waals surface area contributed by atoms with Crippen LogP contribution in [0.1, 0.15) is 32.6 Å². The van der Waals surface area contributed by atoms with Crippen molar-refractivity contribution in [3.8, 4) is 0 Å². The van der Waals surface area contributed by atoms with Gasteiger partial charge in [0.25, 0.3) is 0 Å². The van der Waals surface area contributed by atoms with Gasteiger partial charge in [-0.15, -0.1) is 0 Å². The third-order valence-electron chi connectivity index (χ3n) is 10.3. The van der Waals surface area contributed by atoms with Crippen molar-refractivity contribution in [2.24, 2.45) is 46.3 Å². The number of nitrogens with zero attached hydrogens (tertiary/aromatic N) is 1. The summed E-state index contributed by atoms with van der Waals surface area (Å²) >= 11 is 4.01. The molecule has 0 radical (unpaired) electrons. The molecule has 2 aliphatic heterocycles. The Balaban J connectivity index is 1.40. The van der Waals surface area contributed by atoms with Gasteiger partial charge in [-0.2, -0.15) is 0 Å². The van der Waals surface area contributed by atoms with Crippen molar-refractivity contribution in [2.75, 3.05) is 27.3 Å². The largest absolute Gasteiger partial charge is 0.373 e. The SMILES string of the molecule is CN(C)C(=O)C1C[C@]2(C)CC3(C[C@@]24[C@@H]2O[C@@H]5[C@@H](Br)[C@H]6C[C@@H]5[C@@H]2[C@H]6[C@@H]14)OCCO3. The first-order valence-electron chi connectivity index (χ1n) is 11.1. The Labute approximate surface area is 174 Å². The molecule has 6 heteroatoms. The van der Waals surface area contributed by atoms with Crippen molar-refractivity contribution in [1.29, 1.82) is 0 Å². The van der Waals surface area contributed by atoms with Gasteiger partial charge in [0.1, 0.15) is 0 Å². The molecule has 2 bridgehead atoms. The second-order valence-corrected chi connectivity index (χ2v) is 12.4. The quantitative estimate of drug-likeness (QED) is 0.575. The van der Waals surface area contributed by atoms with Crippen molar-refractivity contribution < 1.29 is 19.0 Å². The van der Waals surface area contributed by atoms with Gasteiger partial charge in [0.05, 0.1) is 25.4 Å². The van der Waals surface area contributed by atoms with E-state index >= 15 is 0 Å². The highest BCUT2D eigenvalue weighted by Gasteiger charge is 2.85. The smallest absolute Gasteiger partial charge is 0.225 e. The minimum atomic E-state index is -0.433. The van der Waals surface area contributed by atoms with Gasteiger partial charge in [-0.05, 0) is 47.8 Å². The van der Waals surface area contributed by atoms with Gasteiger partial charge >= 0.3 is 0 Å². The summed E-state index contributed by atoms with van der Waals surface area (Å²) in [6.07, 6.45) is 4.75. The molecule has 5 aliphatic carbocycles. The van der Waals surface area contributed by atoms with E-state index in [1.807, 2.05) is 19.0 Å². The Morgan fingerprint density at radius 3 is 2.57 bits per heavy atom. The first-order chi connectivity index (χ1) is 13.3. The van der Waals surface area contributed by atoms with Crippen LogP contribution in [0.4, 0.5) is 0 Å². The molecule has 0 N–H and O–H groups in total. The van der Waals surface area contributed by atoms with E-state index in [1.165, 1.54) is 6.42 Å². The molecule has 1 amide bonds. The summed E-state index contributed by atoms with van der Waals surface area (Å²) in [4.78, 5) is 15.7. The molecule has 0 aromatic carbocycles. The van der Waals surface area contributed by atoms with Crippen LogP contribution in [0, 0.1) is 46.3 Å². The molecule has 0 aromatic rings. The summed E-state index contributed by atoms with van der Waals surface area (Å²) in [6, 6.07) is 0. The number of rotatable bonds is 1. The fourth-order valence-electron chi connectivity index (χ4n) is 9.96. The number of fused-ring (bicyclic) bond motifs is 3. The minimum Gasteiger partial charge on any atom is -0.373 e. The fourth-order valence-corrected chi connectivity index (χ4v) is 11.0. The first-order valence-corrected chi connectivity index (χ1v) is 12.0. The molecule has 5 saturated carbocycles. The van der Waals surface area contributed by atoms with E-state index in [0.717, 1.165) is 19.3 Å². The number of ether oxygens (including phenoxy) is 3. The average molecular weight is 452 g/mol. The van der Waals surface area contributed by atoms with Gasteiger partial charge < -0.3 is 19.1 Å². The summed E-state index contributed by atoms with van der Waals surface area (Å²) in [7, 11) is 3.85. The first kappa shape index (κ1) is 17.5. The second kappa shape index (κ2) is 5.00. The molecule has 0 aromatic heterocycles. The van der Waals surface area contributed by atoms with Crippen molar-refractivity contribution in [2.45, 2.75) is 55.4 Å². The molecule has 2 spiro atoms. The zero-order valence-electron chi connectivity index (χ0n) is 16.9. The summed E-state index contributed by atoms with van der Waals surface area (Å²) in [6.45, 7) is 3.83. The van der Waals surface area contributed by atoms with E-state index in [0.29, 0.717) is 59.6 Å². The molecule has 2 saturated heterocycles. The van der Waals surface area contributed by atoms with Gasteiger partial charge in [0.15, 0.2) is 5.79 Å². The molecule has 1 unspecified atom stereocenters. The molecular weight excluding hydrogens is 422 g/mol. The van der Waals surface area contributed by atoms with Gasteiger partial charge in [0, 0.05) is 43.1 Å². The van der Waals surface area contributed by atoms with Crippen LogP contribution in [0.2, 0.25) is 0 Å². The van der Waals surface area contributed by atoms with Crippen LogP contribution in [0.5, 0.6) is 0 Å². The topological polar surface area (TPSA) is 48.0 Å². The lowest BCUT2D eigenvalue weighted by atomic mass is 9.63. The van der Waals surface area contributed by atoms with E-state index in [-0.39, 0.29) is 22.9 Å². The Morgan fingerprint density at radius 1 is 1.11 bits per heavy atom. The van der Waals surface area contributed by atoms with Gasteiger partial charge in [-0.25, -0.2) is 0 Å². The van der Waals surface area contributed by atoms with Gasteiger partial charge in [-0.3, -0.25) is 4.79 Å². The van der Waals surface area contributed by atoms with Crippen LogP contribution in [0.3, 0.4) is 0 Å². The number of amides is 1. The fraction of sp³-hybridized carbons (Fsp3) is 0.955. The van der Waals surface area contributed by atoms with Crippen molar-refractivity contribution in [3.63, 3.8) is 0 Å². The molecule has 5 nitrogen and oxygen atoms in total. The number of hydrogen-bond donors (Lipinski definition) is 0. The third-order valence-corrected chi connectivity index (χ3v) is 11.5. The van der Waals surface area contributed by atoms with Crippen molar-refractivity contribution in [1.82, 2.24) is 4.90 Å². The Morgan fingerprint density at radius 2 is 1.86 bits per heavy atom.